The third-order valence-corrected chi connectivity index (χ3v) is 3.54. The molecule has 1 aromatic rings. The van der Waals surface area contributed by atoms with E-state index in [-0.39, 0.29) is 30.8 Å². The van der Waals surface area contributed by atoms with Gasteiger partial charge in [0, 0.05) is 12.7 Å². The number of nitrogens with one attached hydrogen (secondary N) is 1. The molecular weight excluding hydrogens is 261 g/mol. The minimum Gasteiger partial charge on any atom is -0.478 e. The van der Waals surface area contributed by atoms with Crippen molar-refractivity contribution >= 4 is 11.8 Å². The summed E-state index contributed by atoms with van der Waals surface area (Å²) >= 11 is 0. The molecule has 2 N–H and O–H groups in total. The number of carbonyl (C=O) groups is 1. The van der Waals surface area contributed by atoms with E-state index in [9.17, 15) is 18.0 Å². The Morgan fingerprint density at radius 3 is 2.63 bits per heavy atom. The Morgan fingerprint density at radius 2 is 2.16 bits per heavy atom. The average molecular weight is 274 g/mol. The molecule has 0 unspecified atom stereocenters. The highest BCUT2D eigenvalue weighted by atomic mass is 19.4. The fourth-order valence-electron chi connectivity index (χ4n) is 2.14. The first-order valence-corrected chi connectivity index (χ1v) is 5.85. The van der Waals surface area contributed by atoms with E-state index in [4.69, 9.17) is 5.11 Å². The second kappa shape index (κ2) is 4.71. The van der Waals surface area contributed by atoms with E-state index in [1.165, 1.54) is 18.3 Å². The number of rotatable bonds is 4. The van der Waals surface area contributed by atoms with Crippen LogP contribution in [0.2, 0.25) is 0 Å². The van der Waals surface area contributed by atoms with Gasteiger partial charge in [-0.2, -0.15) is 13.2 Å². The van der Waals surface area contributed by atoms with Crippen molar-refractivity contribution in [3.63, 3.8) is 0 Å². The highest BCUT2D eigenvalue weighted by molar-refractivity contribution is 5.92. The van der Waals surface area contributed by atoms with Crippen molar-refractivity contribution in [2.24, 2.45) is 5.41 Å². The van der Waals surface area contributed by atoms with Crippen molar-refractivity contribution < 1.29 is 23.1 Å². The summed E-state index contributed by atoms with van der Waals surface area (Å²) < 4.78 is 38.8. The predicted molar refractivity (Wildman–Crippen MR) is 62.0 cm³/mol. The number of carboxylic acids is 1. The van der Waals surface area contributed by atoms with Crippen LogP contribution < -0.4 is 5.32 Å². The van der Waals surface area contributed by atoms with E-state index in [0.717, 1.165) is 0 Å². The lowest BCUT2D eigenvalue weighted by atomic mass is 9.68. The van der Waals surface area contributed by atoms with Crippen LogP contribution in [0.1, 0.15) is 29.6 Å². The molecule has 1 fully saturated rings. The number of hydrogen-bond acceptors (Lipinski definition) is 3. The van der Waals surface area contributed by atoms with Gasteiger partial charge in [0.2, 0.25) is 0 Å². The molecule has 0 radical (unpaired) electrons. The Hall–Kier alpha value is -1.79. The number of hydrogen-bond donors (Lipinski definition) is 2. The SMILES string of the molecule is O=C(O)c1cccnc1NCC1(C(F)(F)F)CCC1. The Labute approximate surface area is 107 Å². The zero-order chi connectivity index (χ0) is 14.1. The third-order valence-electron chi connectivity index (χ3n) is 3.54. The van der Waals surface area contributed by atoms with Crippen LogP contribution in [0, 0.1) is 5.41 Å². The number of aromatic nitrogens is 1. The van der Waals surface area contributed by atoms with Crippen LogP contribution in [0.15, 0.2) is 18.3 Å². The normalized spacial score (nSPS) is 17.6. The zero-order valence-electron chi connectivity index (χ0n) is 10.00. The Bertz CT molecular complexity index is 484. The molecule has 1 aliphatic carbocycles. The summed E-state index contributed by atoms with van der Waals surface area (Å²) in [4.78, 5) is 14.7. The number of alkyl halides is 3. The first kappa shape index (κ1) is 13.6. The summed E-state index contributed by atoms with van der Waals surface area (Å²) in [6.07, 6.45) is -2.26. The van der Waals surface area contributed by atoms with E-state index in [1.807, 2.05) is 0 Å². The van der Waals surface area contributed by atoms with Crippen LogP contribution in [0.3, 0.4) is 0 Å². The molecule has 1 saturated carbocycles. The molecule has 0 bridgehead atoms. The summed E-state index contributed by atoms with van der Waals surface area (Å²) in [5.74, 6) is -1.24. The standard InChI is InChI=1S/C12H13F3N2O2/c13-12(14,15)11(4-2-5-11)7-17-9-8(10(18)19)3-1-6-16-9/h1,3,6H,2,4-5,7H2,(H,16,17)(H,18,19). The molecule has 104 valence electrons. The molecule has 1 aromatic heterocycles. The molecule has 0 aliphatic heterocycles. The molecule has 0 amide bonds. The second-order valence-electron chi connectivity index (χ2n) is 4.69. The largest absolute Gasteiger partial charge is 0.478 e. The molecule has 0 spiro atoms. The maximum absolute atomic E-state index is 12.9. The number of pyridine rings is 1. The van der Waals surface area contributed by atoms with Crippen molar-refractivity contribution in [2.45, 2.75) is 25.4 Å². The predicted octanol–water partition coefficient (Wildman–Crippen LogP) is 2.92. The van der Waals surface area contributed by atoms with Gasteiger partial charge in [0.05, 0.1) is 5.41 Å². The van der Waals surface area contributed by atoms with Gasteiger partial charge in [-0.05, 0) is 25.0 Å². The van der Waals surface area contributed by atoms with Crippen LogP contribution in [-0.2, 0) is 0 Å². The number of halogens is 3. The van der Waals surface area contributed by atoms with E-state index in [2.05, 4.69) is 10.3 Å². The lowest BCUT2D eigenvalue weighted by Crippen LogP contribution is -2.49. The molecule has 1 heterocycles. The topological polar surface area (TPSA) is 62.2 Å². The minimum atomic E-state index is -4.28. The molecular formula is C12H13F3N2O2. The van der Waals surface area contributed by atoms with Gasteiger partial charge in [0.25, 0.3) is 0 Å². The van der Waals surface area contributed by atoms with E-state index in [1.54, 1.807) is 0 Å². The molecule has 4 nitrogen and oxygen atoms in total. The van der Waals surface area contributed by atoms with Crippen molar-refractivity contribution in [1.82, 2.24) is 4.98 Å². The van der Waals surface area contributed by atoms with Crippen molar-refractivity contribution in [1.29, 1.82) is 0 Å². The van der Waals surface area contributed by atoms with Crippen LogP contribution in [0.25, 0.3) is 0 Å². The fourth-order valence-corrected chi connectivity index (χ4v) is 2.14. The molecule has 0 saturated heterocycles. The molecule has 2 rings (SSSR count). The monoisotopic (exact) mass is 274 g/mol. The summed E-state index contributed by atoms with van der Waals surface area (Å²) in [6, 6.07) is 2.73. The number of nitrogens with zero attached hydrogens (tertiary/aromatic N) is 1. The minimum absolute atomic E-state index is 0.0227. The molecule has 19 heavy (non-hydrogen) atoms. The van der Waals surface area contributed by atoms with Gasteiger partial charge in [-0.3, -0.25) is 0 Å². The Kier molecular flexibility index (Phi) is 3.38. The van der Waals surface area contributed by atoms with Gasteiger partial charge in [-0.1, -0.05) is 6.42 Å². The average Bonchev–Trinajstić information content (AvgIpc) is 2.26. The third kappa shape index (κ3) is 2.50. The van der Waals surface area contributed by atoms with Crippen molar-refractivity contribution in [2.75, 3.05) is 11.9 Å². The van der Waals surface area contributed by atoms with E-state index in [0.29, 0.717) is 6.42 Å². The van der Waals surface area contributed by atoms with E-state index >= 15 is 0 Å². The smallest absolute Gasteiger partial charge is 0.396 e. The fraction of sp³-hybridized carbons (Fsp3) is 0.500. The lowest BCUT2D eigenvalue weighted by Gasteiger charge is -2.43. The first-order valence-electron chi connectivity index (χ1n) is 5.85. The summed E-state index contributed by atoms with van der Waals surface area (Å²) in [6.45, 7) is -0.339. The van der Waals surface area contributed by atoms with E-state index < -0.39 is 17.6 Å². The van der Waals surface area contributed by atoms with Gasteiger partial charge in [0.15, 0.2) is 0 Å². The van der Waals surface area contributed by atoms with Crippen molar-refractivity contribution in [3.05, 3.63) is 23.9 Å². The van der Waals surface area contributed by atoms with Gasteiger partial charge in [-0.25, -0.2) is 9.78 Å². The molecule has 0 atom stereocenters. The van der Waals surface area contributed by atoms with Crippen LogP contribution in [0.5, 0.6) is 0 Å². The quantitative estimate of drug-likeness (QED) is 0.886. The first-order chi connectivity index (χ1) is 8.86. The molecule has 1 aliphatic rings. The maximum atomic E-state index is 12.9. The highest BCUT2D eigenvalue weighted by Gasteiger charge is 2.57. The zero-order valence-corrected chi connectivity index (χ0v) is 10.00. The van der Waals surface area contributed by atoms with Gasteiger partial charge in [0.1, 0.15) is 11.4 Å². The second-order valence-corrected chi connectivity index (χ2v) is 4.69. The number of anilines is 1. The van der Waals surface area contributed by atoms with Gasteiger partial charge >= 0.3 is 12.1 Å². The summed E-state index contributed by atoms with van der Waals surface area (Å²) in [5.41, 5.74) is -1.88. The summed E-state index contributed by atoms with van der Waals surface area (Å²) in [5, 5.41) is 11.5. The summed E-state index contributed by atoms with van der Waals surface area (Å²) in [7, 11) is 0. The van der Waals surface area contributed by atoms with Gasteiger partial charge < -0.3 is 10.4 Å². The van der Waals surface area contributed by atoms with Crippen LogP contribution in [-0.4, -0.2) is 28.8 Å². The molecule has 7 heteroatoms. The Morgan fingerprint density at radius 1 is 1.47 bits per heavy atom. The van der Waals surface area contributed by atoms with Crippen molar-refractivity contribution in [3.8, 4) is 0 Å². The molecule has 0 aromatic carbocycles. The van der Waals surface area contributed by atoms with Crippen LogP contribution in [0.4, 0.5) is 19.0 Å². The lowest BCUT2D eigenvalue weighted by molar-refractivity contribution is -0.244. The number of aromatic carboxylic acids is 1. The number of carboxylic acid groups (broad SMARTS) is 1. The van der Waals surface area contributed by atoms with Crippen LogP contribution >= 0.6 is 0 Å². The van der Waals surface area contributed by atoms with Gasteiger partial charge in [-0.15, -0.1) is 0 Å². The maximum Gasteiger partial charge on any atom is 0.396 e. The highest BCUT2D eigenvalue weighted by Crippen LogP contribution is 2.52. The Balaban J connectivity index is 2.13.